The molecule has 0 spiro atoms. The molecule has 1 aliphatic heterocycles. The molecule has 1 aromatic heterocycles. The van der Waals surface area contributed by atoms with Crippen molar-refractivity contribution in [2.24, 2.45) is 5.92 Å². The highest BCUT2D eigenvalue weighted by molar-refractivity contribution is 9.10. The van der Waals surface area contributed by atoms with E-state index in [1.165, 1.54) is 0 Å². The number of benzene rings is 1. The van der Waals surface area contributed by atoms with Crippen LogP contribution in [0.15, 0.2) is 28.7 Å². The lowest BCUT2D eigenvalue weighted by atomic mass is 10.1. The Balaban J connectivity index is 1.42. The third-order valence-electron chi connectivity index (χ3n) is 5.73. The first-order valence-corrected chi connectivity index (χ1v) is 10.6. The van der Waals surface area contributed by atoms with Crippen LogP contribution in [0, 0.1) is 12.8 Å². The maximum atomic E-state index is 13.0. The molecule has 2 aromatic rings. The van der Waals surface area contributed by atoms with Crippen LogP contribution >= 0.6 is 15.9 Å². The van der Waals surface area contributed by atoms with Gasteiger partial charge in [-0.15, -0.1) is 5.10 Å². The van der Waals surface area contributed by atoms with Crippen molar-refractivity contribution in [3.05, 3.63) is 40.1 Å². The number of amides is 2. The van der Waals surface area contributed by atoms with E-state index in [-0.39, 0.29) is 17.7 Å². The summed E-state index contributed by atoms with van der Waals surface area (Å²) in [7, 11) is 0. The Labute approximate surface area is 172 Å². The number of hydrogen-bond acceptors (Lipinski definition) is 4. The number of rotatable bonds is 3. The van der Waals surface area contributed by atoms with Crippen LogP contribution in [-0.2, 0) is 4.79 Å². The number of piperazine rings is 1. The molecule has 4 rings (SSSR count). The van der Waals surface area contributed by atoms with Gasteiger partial charge in [0.2, 0.25) is 5.91 Å². The van der Waals surface area contributed by atoms with E-state index >= 15 is 0 Å². The molecule has 0 bridgehead atoms. The van der Waals surface area contributed by atoms with Gasteiger partial charge in [-0.3, -0.25) is 9.59 Å². The fourth-order valence-electron chi connectivity index (χ4n) is 4.09. The fourth-order valence-corrected chi connectivity index (χ4v) is 4.48. The van der Waals surface area contributed by atoms with E-state index in [0.717, 1.165) is 35.8 Å². The van der Waals surface area contributed by atoms with Gasteiger partial charge in [0.05, 0.1) is 11.4 Å². The second kappa shape index (κ2) is 8.03. The average Bonchev–Trinajstić information content (AvgIpc) is 3.37. The molecular formula is C20H24BrN5O2. The van der Waals surface area contributed by atoms with Gasteiger partial charge in [0.15, 0.2) is 5.69 Å². The number of halogens is 1. The molecule has 2 fully saturated rings. The van der Waals surface area contributed by atoms with Gasteiger partial charge < -0.3 is 9.80 Å². The molecule has 1 saturated heterocycles. The van der Waals surface area contributed by atoms with Crippen molar-refractivity contribution in [3.63, 3.8) is 0 Å². The smallest absolute Gasteiger partial charge is 0.276 e. The van der Waals surface area contributed by atoms with Crippen LogP contribution in [-0.4, -0.2) is 62.8 Å². The highest BCUT2D eigenvalue weighted by Gasteiger charge is 2.32. The Bertz CT molecular complexity index is 882. The molecule has 0 atom stereocenters. The van der Waals surface area contributed by atoms with Gasteiger partial charge in [0.1, 0.15) is 0 Å². The van der Waals surface area contributed by atoms with Gasteiger partial charge in [-0.05, 0) is 38.0 Å². The minimum absolute atomic E-state index is 0.119. The summed E-state index contributed by atoms with van der Waals surface area (Å²) in [6.07, 6.45) is 4.33. The Morgan fingerprint density at radius 3 is 2.43 bits per heavy atom. The second-order valence-electron chi connectivity index (χ2n) is 7.51. The Kier molecular flexibility index (Phi) is 5.48. The Morgan fingerprint density at radius 1 is 1.07 bits per heavy atom. The summed E-state index contributed by atoms with van der Waals surface area (Å²) >= 11 is 3.45. The maximum absolute atomic E-state index is 13.0. The molecule has 8 heteroatoms. The molecule has 1 aromatic carbocycles. The number of aromatic nitrogens is 3. The van der Waals surface area contributed by atoms with E-state index in [9.17, 15) is 9.59 Å². The van der Waals surface area contributed by atoms with Crippen LogP contribution in [0.1, 0.15) is 41.9 Å². The van der Waals surface area contributed by atoms with Crippen molar-refractivity contribution in [1.29, 1.82) is 0 Å². The normalized spacial score (nSPS) is 17.9. The lowest BCUT2D eigenvalue weighted by Gasteiger charge is -2.35. The van der Waals surface area contributed by atoms with E-state index < -0.39 is 0 Å². The monoisotopic (exact) mass is 445 g/mol. The molecule has 148 valence electrons. The summed E-state index contributed by atoms with van der Waals surface area (Å²) in [5.74, 6) is 0.336. The van der Waals surface area contributed by atoms with Crippen LogP contribution in [0.3, 0.4) is 0 Å². The van der Waals surface area contributed by atoms with E-state index in [0.29, 0.717) is 37.6 Å². The largest absolute Gasteiger partial charge is 0.339 e. The van der Waals surface area contributed by atoms with E-state index in [1.807, 2.05) is 36.1 Å². The van der Waals surface area contributed by atoms with Crippen LogP contribution in [0.5, 0.6) is 0 Å². The minimum Gasteiger partial charge on any atom is -0.339 e. The van der Waals surface area contributed by atoms with Gasteiger partial charge in [0.25, 0.3) is 5.91 Å². The average molecular weight is 446 g/mol. The van der Waals surface area contributed by atoms with Gasteiger partial charge in [-0.1, -0.05) is 40.1 Å². The summed E-state index contributed by atoms with van der Waals surface area (Å²) in [4.78, 5) is 29.2. The predicted octanol–water partition coefficient (Wildman–Crippen LogP) is 2.81. The minimum atomic E-state index is -0.119. The molecule has 2 aliphatic rings. The molecule has 28 heavy (non-hydrogen) atoms. The summed E-state index contributed by atoms with van der Waals surface area (Å²) in [5.41, 5.74) is 1.94. The number of hydrogen-bond donors (Lipinski definition) is 0. The maximum Gasteiger partial charge on any atom is 0.276 e. The quantitative estimate of drug-likeness (QED) is 0.727. The van der Waals surface area contributed by atoms with Crippen LogP contribution in [0.25, 0.3) is 5.69 Å². The van der Waals surface area contributed by atoms with Crippen molar-refractivity contribution in [1.82, 2.24) is 24.8 Å². The van der Waals surface area contributed by atoms with Crippen molar-refractivity contribution < 1.29 is 9.59 Å². The van der Waals surface area contributed by atoms with Gasteiger partial charge in [0, 0.05) is 36.6 Å². The van der Waals surface area contributed by atoms with Crippen molar-refractivity contribution in [3.8, 4) is 5.69 Å². The first-order valence-electron chi connectivity index (χ1n) is 9.81. The predicted molar refractivity (Wildman–Crippen MR) is 108 cm³/mol. The zero-order valence-electron chi connectivity index (χ0n) is 16.0. The van der Waals surface area contributed by atoms with E-state index in [1.54, 1.807) is 9.58 Å². The highest BCUT2D eigenvalue weighted by atomic mass is 79.9. The second-order valence-corrected chi connectivity index (χ2v) is 8.43. The van der Waals surface area contributed by atoms with Crippen molar-refractivity contribution in [2.45, 2.75) is 32.6 Å². The molecular weight excluding hydrogens is 422 g/mol. The summed E-state index contributed by atoms with van der Waals surface area (Å²) in [6, 6.07) is 7.72. The Hall–Kier alpha value is -2.22. The van der Waals surface area contributed by atoms with Gasteiger partial charge in [-0.2, -0.15) is 0 Å². The molecule has 2 amide bonds. The summed E-state index contributed by atoms with van der Waals surface area (Å²) < 4.78 is 2.62. The summed E-state index contributed by atoms with van der Waals surface area (Å²) in [6.45, 7) is 4.13. The van der Waals surface area contributed by atoms with Gasteiger partial charge in [-0.25, -0.2) is 4.68 Å². The number of carbonyl (C=O) groups excluding carboxylic acids is 2. The van der Waals surface area contributed by atoms with Gasteiger partial charge >= 0.3 is 0 Å². The summed E-state index contributed by atoms with van der Waals surface area (Å²) in [5, 5.41) is 8.31. The fraction of sp³-hybridized carbons (Fsp3) is 0.500. The number of carbonyl (C=O) groups is 2. The third kappa shape index (κ3) is 3.70. The Morgan fingerprint density at radius 2 is 1.75 bits per heavy atom. The number of nitrogens with zero attached hydrogens (tertiary/aromatic N) is 5. The van der Waals surface area contributed by atoms with E-state index in [2.05, 4.69) is 26.2 Å². The van der Waals surface area contributed by atoms with Crippen LogP contribution in [0.2, 0.25) is 0 Å². The lowest BCUT2D eigenvalue weighted by Crippen LogP contribution is -2.52. The van der Waals surface area contributed by atoms with Crippen LogP contribution in [0.4, 0.5) is 0 Å². The SMILES string of the molecule is Cc1c(C(=O)N2CCN(C(=O)C3CCCC3)CC2)nnn1-c1cccc(Br)c1. The first-order chi connectivity index (χ1) is 13.5. The van der Waals surface area contributed by atoms with Crippen LogP contribution < -0.4 is 0 Å². The molecule has 0 radical (unpaired) electrons. The zero-order valence-corrected chi connectivity index (χ0v) is 17.6. The molecule has 1 saturated carbocycles. The molecule has 0 unspecified atom stereocenters. The lowest BCUT2D eigenvalue weighted by molar-refractivity contribution is -0.136. The molecule has 2 heterocycles. The standard InChI is InChI=1S/C20H24BrN5O2/c1-14-18(22-23-26(14)17-8-4-7-16(21)13-17)20(28)25-11-9-24(10-12-25)19(27)15-5-2-3-6-15/h4,7-8,13,15H,2-3,5-6,9-12H2,1H3. The molecule has 7 nitrogen and oxygen atoms in total. The molecule has 0 N–H and O–H groups in total. The third-order valence-corrected chi connectivity index (χ3v) is 6.23. The molecule has 1 aliphatic carbocycles. The first kappa shape index (κ1) is 19.1. The van der Waals surface area contributed by atoms with Crippen molar-refractivity contribution >= 4 is 27.7 Å². The van der Waals surface area contributed by atoms with Crippen molar-refractivity contribution in [2.75, 3.05) is 26.2 Å². The highest BCUT2D eigenvalue weighted by Crippen LogP contribution is 2.27. The zero-order chi connectivity index (χ0) is 19.7. The topological polar surface area (TPSA) is 71.3 Å². The van der Waals surface area contributed by atoms with E-state index in [4.69, 9.17) is 0 Å².